The van der Waals surface area contributed by atoms with Crippen molar-refractivity contribution in [3.05, 3.63) is 12.2 Å². The van der Waals surface area contributed by atoms with Gasteiger partial charge in [-0.1, -0.05) is 0 Å². The predicted molar refractivity (Wildman–Crippen MR) is 135 cm³/mol. The molecule has 0 aromatic carbocycles. The number of ether oxygens (including phenoxy) is 3. The van der Waals surface area contributed by atoms with Crippen LogP contribution in [-0.4, -0.2) is 90.4 Å². The van der Waals surface area contributed by atoms with Gasteiger partial charge in [0, 0.05) is 38.8 Å². The first-order valence-electron chi connectivity index (χ1n) is 12.0. The molecule has 2 aliphatic rings. The molecule has 0 aromatic rings. The van der Waals surface area contributed by atoms with Gasteiger partial charge in [0.15, 0.2) is 0 Å². The summed E-state index contributed by atoms with van der Waals surface area (Å²) in [6, 6.07) is 0. The lowest BCUT2D eigenvalue weighted by molar-refractivity contribution is -0.137. The lowest BCUT2D eigenvalue weighted by Crippen LogP contribution is -2.39. The second-order valence-electron chi connectivity index (χ2n) is 9.94. The summed E-state index contributed by atoms with van der Waals surface area (Å²) in [4.78, 5) is 47.0. The van der Waals surface area contributed by atoms with Gasteiger partial charge in [0.2, 0.25) is 5.91 Å². The average Bonchev–Trinajstić information content (AvgIpc) is 3.24. The molecule has 2 N–H and O–H groups in total. The van der Waals surface area contributed by atoms with Crippen molar-refractivity contribution in [3.8, 4) is 0 Å². The molecule has 0 saturated carbocycles. The number of rotatable bonds is 14. The molecule has 0 spiro atoms. The number of amides is 3. The van der Waals surface area contributed by atoms with Crippen molar-refractivity contribution in [1.82, 2.24) is 10.2 Å². The number of carbonyl (C=O) groups is 3. The molecule has 0 aliphatic carbocycles. The number of carbonyl (C=O) groups excluding carboxylic acids is 3. The van der Waals surface area contributed by atoms with Crippen LogP contribution >= 0.6 is 6.72 Å². The molecule has 1 saturated heterocycles. The fourth-order valence-corrected chi connectivity index (χ4v) is 6.14. The molecule has 2 aliphatic heterocycles. The van der Waals surface area contributed by atoms with E-state index >= 15 is 0 Å². The predicted octanol–water partition coefficient (Wildman–Crippen LogP) is 1.82. The molecule has 5 atom stereocenters. The van der Waals surface area contributed by atoms with Crippen molar-refractivity contribution in [2.24, 2.45) is 0 Å². The van der Waals surface area contributed by atoms with Crippen LogP contribution in [0, 0.1) is 0 Å². The lowest BCUT2D eigenvalue weighted by Gasteiger charge is -2.31. The Morgan fingerprint density at radius 1 is 1.22 bits per heavy atom. The van der Waals surface area contributed by atoms with Crippen molar-refractivity contribution in [3.63, 3.8) is 0 Å². The first kappa shape index (κ1) is 31.0. The van der Waals surface area contributed by atoms with Crippen LogP contribution in [0.5, 0.6) is 0 Å². The van der Waals surface area contributed by atoms with Gasteiger partial charge in [-0.3, -0.25) is 23.8 Å². The molecular weight excluding hydrogens is 511 g/mol. The number of hydrogen-bond acceptors (Lipinski definition) is 9. The largest absolute Gasteiger partial charge is 0.376 e. The maximum atomic E-state index is 12.1. The molecule has 2 heterocycles. The summed E-state index contributed by atoms with van der Waals surface area (Å²) in [6.45, 7) is 6.19. The van der Waals surface area contributed by atoms with E-state index in [2.05, 4.69) is 5.32 Å². The van der Waals surface area contributed by atoms with Crippen molar-refractivity contribution < 1.29 is 42.5 Å². The van der Waals surface area contributed by atoms with Crippen LogP contribution < -0.4 is 5.32 Å². The van der Waals surface area contributed by atoms with Crippen LogP contribution in [0.4, 0.5) is 0 Å². The summed E-state index contributed by atoms with van der Waals surface area (Å²) in [6.07, 6.45) is 1.35. The minimum Gasteiger partial charge on any atom is -0.376 e. The Balaban J connectivity index is 1.89. The van der Waals surface area contributed by atoms with Gasteiger partial charge < -0.3 is 28.9 Å². The molecule has 0 radical (unpaired) electrons. The fraction of sp³-hybridized carbons (Fsp3) is 0.783. The zero-order valence-corrected chi connectivity index (χ0v) is 23.5. The monoisotopic (exact) mass is 550 g/mol. The van der Waals surface area contributed by atoms with E-state index in [-0.39, 0.29) is 37.7 Å². The standard InChI is InChI=1S/C23H39N2O9PS/c1-15(2)31-14-17-22(33-35(29,36)34-23(3,4)5)21(30-6)16(32-17)8-7-12-24-18(26)11-13-25-19(27)9-10-20(25)28/h9-10,15-17,21-22H,7-8,11-14H2,1-6H3,(H,24,26)(H,29,36)/t16-,17+,21+,22?,35?/m0/s1. The molecule has 3 amide bonds. The fourth-order valence-electron chi connectivity index (χ4n) is 3.88. The summed E-state index contributed by atoms with van der Waals surface area (Å²) in [5.41, 5.74) is -0.695. The molecule has 0 aromatic heterocycles. The first-order valence-corrected chi connectivity index (χ1v) is 14.6. The minimum absolute atomic E-state index is 0.0270. The Hall–Kier alpha value is -1.24. The van der Waals surface area contributed by atoms with E-state index < -0.39 is 42.4 Å². The third kappa shape index (κ3) is 9.90. The van der Waals surface area contributed by atoms with Crippen molar-refractivity contribution >= 4 is 36.2 Å². The van der Waals surface area contributed by atoms with Gasteiger partial charge in [0.25, 0.3) is 11.8 Å². The molecule has 0 bridgehead atoms. The minimum atomic E-state index is -3.59. The highest BCUT2D eigenvalue weighted by molar-refractivity contribution is 8.07. The molecule has 2 unspecified atom stereocenters. The highest BCUT2D eigenvalue weighted by atomic mass is 32.5. The van der Waals surface area contributed by atoms with E-state index in [0.717, 1.165) is 4.90 Å². The van der Waals surface area contributed by atoms with E-state index in [1.54, 1.807) is 20.8 Å². The Morgan fingerprint density at radius 3 is 2.42 bits per heavy atom. The molecule has 2 rings (SSSR count). The van der Waals surface area contributed by atoms with E-state index in [0.29, 0.717) is 19.4 Å². The topological polar surface area (TPSA) is 133 Å². The van der Waals surface area contributed by atoms with E-state index in [4.69, 9.17) is 35.1 Å². The maximum absolute atomic E-state index is 12.1. The third-order valence-electron chi connectivity index (χ3n) is 5.37. The number of nitrogens with zero attached hydrogens (tertiary/aromatic N) is 1. The van der Waals surface area contributed by atoms with E-state index in [1.165, 1.54) is 19.3 Å². The highest BCUT2D eigenvalue weighted by Gasteiger charge is 2.48. The molecule has 36 heavy (non-hydrogen) atoms. The van der Waals surface area contributed by atoms with Crippen LogP contribution in [-0.2, 0) is 49.4 Å². The van der Waals surface area contributed by atoms with Gasteiger partial charge in [0.1, 0.15) is 18.3 Å². The second kappa shape index (κ2) is 13.5. The molecule has 11 nitrogen and oxygen atoms in total. The van der Waals surface area contributed by atoms with Gasteiger partial charge >= 0.3 is 6.72 Å². The highest BCUT2D eigenvalue weighted by Crippen LogP contribution is 2.51. The number of nitrogens with one attached hydrogen (secondary N) is 1. The Kier molecular flexibility index (Phi) is 11.6. The third-order valence-corrected chi connectivity index (χ3v) is 7.14. The van der Waals surface area contributed by atoms with Gasteiger partial charge in [0.05, 0.1) is 24.4 Å². The zero-order valence-electron chi connectivity index (χ0n) is 21.8. The van der Waals surface area contributed by atoms with Crippen LogP contribution in [0.15, 0.2) is 12.2 Å². The molecule has 1 fully saturated rings. The molecule has 206 valence electrons. The smallest absolute Gasteiger partial charge is 0.325 e. The summed E-state index contributed by atoms with van der Waals surface area (Å²) in [7, 11) is 1.53. The van der Waals surface area contributed by atoms with Crippen LogP contribution in [0.1, 0.15) is 53.9 Å². The van der Waals surface area contributed by atoms with Crippen LogP contribution in [0.3, 0.4) is 0 Å². The van der Waals surface area contributed by atoms with Crippen LogP contribution in [0.25, 0.3) is 0 Å². The summed E-state index contributed by atoms with van der Waals surface area (Å²) < 4.78 is 29.1. The average molecular weight is 551 g/mol. The number of methoxy groups -OCH3 is 1. The summed E-state index contributed by atoms with van der Waals surface area (Å²) >= 11 is 5.24. The second-order valence-corrected chi connectivity index (χ2v) is 12.7. The van der Waals surface area contributed by atoms with Crippen molar-refractivity contribution in [1.29, 1.82) is 0 Å². The van der Waals surface area contributed by atoms with Gasteiger partial charge in [-0.2, -0.15) is 0 Å². The number of imide groups is 1. The summed E-state index contributed by atoms with van der Waals surface area (Å²) in [5, 5.41) is 2.79. The molecular formula is C23H39N2O9PS. The van der Waals surface area contributed by atoms with Crippen molar-refractivity contribution in [2.75, 3.05) is 26.8 Å². The van der Waals surface area contributed by atoms with Gasteiger partial charge in [-0.05, 0) is 59.3 Å². The zero-order chi connectivity index (χ0) is 27.1. The molecule has 13 heteroatoms. The maximum Gasteiger partial charge on any atom is 0.325 e. The lowest BCUT2D eigenvalue weighted by atomic mass is 10.0. The van der Waals surface area contributed by atoms with Crippen LogP contribution in [0.2, 0.25) is 0 Å². The van der Waals surface area contributed by atoms with Gasteiger partial charge in [-0.25, -0.2) is 0 Å². The Labute approximate surface area is 218 Å². The van der Waals surface area contributed by atoms with Gasteiger partial charge in [-0.15, -0.1) is 0 Å². The van der Waals surface area contributed by atoms with Crippen molar-refractivity contribution in [2.45, 2.75) is 90.0 Å². The Bertz CT molecular complexity index is 843. The quantitative estimate of drug-likeness (QED) is 0.187. The first-order chi connectivity index (χ1) is 16.7. The normalized spacial score (nSPS) is 26.2. The summed E-state index contributed by atoms with van der Waals surface area (Å²) in [5.74, 6) is -1.08. The van der Waals surface area contributed by atoms with E-state index in [1.807, 2.05) is 13.8 Å². The SMILES string of the molecule is CO[C@H]1C(OP(O)(=S)OC(C)(C)C)[C@@H](COC(C)C)O[C@H]1CCCNC(=O)CCN1C(=O)C=CC1=O. The van der Waals surface area contributed by atoms with E-state index in [9.17, 15) is 19.3 Å². The Morgan fingerprint density at radius 2 is 1.86 bits per heavy atom. The number of hydrogen-bond donors (Lipinski definition) is 2.